The average Bonchev–Trinajstić information content (AvgIpc) is 2.78. The van der Waals surface area contributed by atoms with Crippen LogP contribution < -0.4 is 15.8 Å². The predicted molar refractivity (Wildman–Crippen MR) is 106 cm³/mol. The van der Waals surface area contributed by atoms with Crippen molar-refractivity contribution in [1.82, 2.24) is 20.4 Å². The van der Waals surface area contributed by atoms with E-state index in [-0.39, 0.29) is 34.9 Å². The first-order valence-electron chi connectivity index (χ1n) is 9.39. The van der Waals surface area contributed by atoms with E-state index in [1.807, 2.05) is 0 Å². The fraction of sp³-hybridized carbons (Fsp3) is 0.389. The number of anilines is 2. The number of carbonyl (C=O) groups excluding carboxylic acids is 2. The fourth-order valence-electron chi connectivity index (χ4n) is 3.12. The Balaban J connectivity index is 1.73. The molecular formula is C18H21N7O5. The number of carbonyl (C=O) groups is 2. The van der Waals surface area contributed by atoms with E-state index < -0.39 is 10.8 Å². The van der Waals surface area contributed by atoms with Crippen LogP contribution >= 0.6 is 0 Å². The summed E-state index contributed by atoms with van der Waals surface area (Å²) >= 11 is 0. The van der Waals surface area contributed by atoms with E-state index in [0.29, 0.717) is 32.5 Å². The molecule has 1 aliphatic heterocycles. The molecule has 0 aromatic carbocycles. The number of nitrogens with one attached hydrogen (secondary N) is 2. The number of rotatable bonds is 7. The molecule has 2 aromatic heterocycles. The van der Waals surface area contributed by atoms with Gasteiger partial charge in [-0.2, -0.15) is 0 Å². The van der Waals surface area contributed by atoms with E-state index in [1.54, 1.807) is 24.0 Å². The van der Waals surface area contributed by atoms with Crippen LogP contribution in [0.3, 0.4) is 0 Å². The summed E-state index contributed by atoms with van der Waals surface area (Å²) < 4.78 is 5.05. The quantitative estimate of drug-likeness (QED) is 0.384. The van der Waals surface area contributed by atoms with Crippen molar-refractivity contribution in [3.8, 4) is 0 Å². The number of hydrogen-bond donors (Lipinski definition) is 2. The lowest BCUT2D eigenvalue weighted by Crippen LogP contribution is -2.38. The normalized spacial score (nSPS) is 14.1. The number of amides is 1. The van der Waals surface area contributed by atoms with Crippen LogP contribution in [0.4, 0.5) is 17.3 Å². The predicted octanol–water partition coefficient (Wildman–Crippen LogP) is 1.32. The molecule has 1 fully saturated rings. The zero-order valence-corrected chi connectivity index (χ0v) is 16.3. The van der Waals surface area contributed by atoms with E-state index in [9.17, 15) is 19.7 Å². The molecule has 12 heteroatoms. The summed E-state index contributed by atoms with van der Waals surface area (Å²) in [6, 6.07) is 4.81. The number of piperidine rings is 1. The number of esters is 1. The molecule has 0 radical (unpaired) electrons. The molecule has 0 unspecified atom stereocenters. The van der Waals surface area contributed by atoms with Crippen LogP contribution in [-0.2, 0) is 9.53 Å². The van der Waals surface area contributed by atoms with Gasteiger partial charge in [-0.25, -0.2) is 9.97 Å². The first kappa shape index (κ1) is 20.9. The molecule has 1 amide bonds. The van der Waals surface area contributed by atoms with Crippen molar-refractivity contribution in [3.63, 3.8) is 0 Å². The van der Waals surface area contributed by atoms with Gasteiger partial charge in [-0.3, -0.25) is 35.5 Å². The molecule has 1 saturated heterocycles. The van der Waals surface area contributed by atoms with E-state index in [4.69, 9.17) is 4.74 Å². The monoisotopic (exact) mass is 415 g/mol. The molecule has 1 aliphatic rings. The highest BCUT2D eigenvalue weighted by Gasteiger charge is 2.32. The third-order valence-electron chi connectivity index (χ3n) is 4.59. The average molecular weight is 415 g/mol. The zero-order chi connectivity index (χ0) is 21.5. The van der Waals surface area contributed by atoms with E-state index in [0.717, 1.165) is 0 Å². The highest BCUT2D eigenvalue weighted by molar-refractivity contribution is 5.93. The van der Waals surface area contributed by atoms with Gasteiger partial charge in [0.2, 0.25) is 11.6 Å². The van der Waals surface area contributed by atoms with Gasteiger partial charge in [0.25, 0.3) is 5.91 Å². The van der Waals surface area contributed by atoms with Crippen molar-refractivity contribution >= 4 is 29.2 Å². The zero-order valence-electron chi connectivity index (χ0n) is 16.3. The summed E-state index contributed by atoms with van der Waals surface area (Å²) in [7, 11) is 0. The van der Waals surface area contributed by atoms with Crippen molar-refractivity contribution in [3.05, 3.63) is 46.5 Å². The van der Waals surface area contributed by atoms with Crippen molar-refractivity contribution in [2.75, 3.05) is 30.0 Å². The minimum Gasteiger partial charge on any atom is -0.466 e. The van der Waals surface area contributed by atoms with Crippen molar-refractivity contribution in [2.45, 2.75) is 19.8 Å². The lowest BCUT2D eigenvalue weighted by atomic mass is 9.97. The fourth-order valence-corrected chi connectivity index (χ4v) is 3.12. The van der Waals surface area contributed by atoms with Crippen LogP contribution in [-0.4, -0.2) is 51.4 Å². The molecule has 3 heterocycles. The molecule has 12 nitrogen and oxygen atoms in total. The first-order chi connectivity index (χ1) is 14.5. The maximum Gasteiger partial charge on any atom is 0.355 e. The van der Waals surface area contributed by atoms with Gasteiger partial charge in [0, 0.05) is 19.3 Å². The summed E-state index contributed by atoms with van der Waals surface area (Å²) in [6.45, 7) is 2.87. The highest BCUT2D eigenvalue weighted by atomic mass is 16.6. The standard InChI is InChI=1S/C18H21N7O5/c1-2-30-18(27)12-6-9-24(10-7-12)16-14(25(28)29)15(20-11-21-16)22-23-17(26)13-5-3-4-8-19-13/h3-5,8,11-12H,2,6-7,9-10H2,1H3,(H,23,26)(H,20,21,22). The summed E-state index contributed by atoms with van der Waals surface area (Å²) in [5, 5.41) is 11.7. The molecule has 158 valence electrons. The van der Waals surface area contributed by atoms with Crippen LogP contribution in [0.15, 0.2) is 30.7 Å². The molecule has 2 aromatic rings. The second kappa shape index (κ2) is 9.58. The summed E-state index contributed by atoms with van der Waals surface area (Å²) in [5.41, 5.74) is 4.61. The maximum absolute atomic E-state index is 12.1. The van der Waals surface area contributed by atoms with E-state index in [1.165, 1.54) is 18.6 Å². The maximum atomic E-state index is 12.1. The van der Waals surface area contributed by atoms with Gasteiger partial charge in [0.05, 0.1) is 17.4 Å². The molecule has 0 bridgehead atoms. The van der Waals surface area contributed by atoms with Gasteiger partial charge >= 0.3 is 11.7 Å². The summed E-state index contributed by atoms with van der Waals surface area (Å²) in [4.78, 5) is 48.7. The van der Waals surface area contributed by atoms with Crippen LogP contribution in [0.1, 0.15) is 30.3 Å². The van der Waals surface area contributed by atoms with E-state index >= 15 is 0 Å². The number of nitro groups is 1. The van der Waals surface area contributed by atoms with Crippen molar-refractivity contribution in [1.29, 1.82) is 0 Å². The molecule has 0 aliphatic carbocycles. The van der Waals surface area contributed by atoms with Crippen LogP contribution in [0.25, 0.3) is 0 Å². The number of hydrazine groups is 1. The number of ether oxygens (including phenoxy) is 1. The Morgan fingerprint density at radius 2 is 2.03 bits per heavy atom. The largest absolute Gasteiger partial charge is 0.466 e. The number of pyridine rings is 1. The third-order valence-corrected chi connectivity index (χ3v) is 4.59. The molecular weight excluding hydrogens is 394 g/mol. The van der Waals surface area contributed by atoms with Crippen LogP contribution in [0.5, 0.6) is 0 Å². The summed E-state index contributed by atoms with van der Waals surface area (Å²) in [5.74, 6) is -1.10. The Kier molecular flexibility index (Phi) is 6.67. The molecule has 0 atom stereocenters. The molecule has 2 N–H and O–H groups in total. The Morgan fingerprint density at radius 1 is 1.27 bits per heavy atom. The summed E-state index contributed by atoms with van der Waals surface area (Å²) in [6.07, 6.45) is 3.63. The second-order valence-corrected chi connectivity index (χ2v) is 6.46. The third kappa shape index (κ3) is 4.77. The van der Waals surface area contributed by atoms with Gasteiger partial charge in [-0.15, -0.1) is 0 Å². The minimum atomic E-state index is -0.609. The van der Waals surface area contributed by atoms with Gasteiger partial charge in [0.1, 0.15) is 12.0 Å². The Bertz CT molecular complexity index is 916. The molecule has 3 rings (SSSR count). The number of aromatic nitrogens is 3. The van der Waals surface area contributed by atoms with Crippen LogP contribution in [0.2, 0.25) is 0 Å². The highest BCUT2D eigenvalue weighted by Crippen LogP contribution is 2.33. The minimum absolute atomic E-state index is 0.117. The van der Waals surface area contributed by atoms with Gasteiger partial charge in [-0.1, -0.05) is 6.07 Å². The smallest absolute Gasteiger partial charge is 0.355 e. The number of nitrogens with zero attached hydrogens (tertiary/aromatic N) is 5. The first-order valence-corrected chi connectivity index (χ1v) is 9.39. The van der Waals surface area contributed by atoms with Crippen molar-refractivity contribution < 1.29 is 19.2 Å². The van der Waals surface area contributed by atoms with Gasteiger partial charge in [0.15, 0.2) is 0 Å². The topological polar surface area (TPSA) is 152 Å². The van der Waals surface area contributed by atoms with Gasteiger partial charge in [-0.05, 0) is 31.9 Å². The Morgan fingerprint density at radius 3 is 2.67 bits per heavy atom. The lowest BCUT2D eigenvalue weighted by molar-refractivity contribution is -0.383. The van der Waals surface area contributed by atoms with Crippen LogP contribution in [0, 0.1) is 16.0 Å². The Hall–Kier alpha value is -3.83. The molecule has 30 heavy (non-hydrogen) atoms. The van der Waals surface area contributed by atoms with Crippen molar-refractivity contribution in [2.24, 2.45) is 5.92 Å². The molecule has 0 spiro atoms. The SMILES string of the molecule is CCOC(=O)C1CCN(c2ncnc(NNC(=O)c3ccccn3)c2[N+](=O)[O-])CC1. The molecule has 0 saturated carbocycles. The second-order valence-electron chi connectivity index (χ2n) is 6.46. The Labute approximate surface area is 171 Å². The lowest BCUT2D eigenvalue weighted by Gasteiger charge is -2.31. The number of hydrogen-bond acceptors (Lipinski definition) is 10. The van der Waals surface area contributed by atoms with E-state index in [2.05, 4.69) is 25.8 Å². The van der Waals surface area contributed by atoms with Gasteiger partial charge < -0.3 is 9.64 Å².